The summed E-state index contributed by atoms with van der Waals surface area (Å²) in [5, 5.41) is 33.9. The molecule has 0 bridgehead atoms. The third-order valence-electron chi connectivity index (χ3n) is 10.3. The monoisotopic (exact) mass is 486 g/mol. The SMILES string of the molecule is CC1(C)CCC[C@@]2(C)[C@@H]1CC[C@@](C)(O)[C@@H]2CC[C@](C)(O)[C@@H](O)CN1CCN(c2ccccc2)CC1. The van der Waals surface area contributed by atoms with Gasteiger partial charge in [-0.2, -0.15) is 0 Å². The molecule has 2 aliphatic carbocycles. The van der Waals surface area contributed by atoms with Gasteiger partial charge in [0.05, 0.1) is 17.3 Å². The van der Waals surface area contributed by atoms with Gasteiger partial charge in [0.25, 0.3) is 0 Å². The van der Waals surface area contributed by atoms with Crippen molar-refractivity contribution in [3.8, 4) is 0 Å². The fourth-order valence-electron chi connectivity index (χ4n) is 8.14. The molecule has 4 rings (SSSR count). The van der Waals surface area contributed by atoms with Gasteiger partial charge in [-0.15, -0.1) is 0 Å². The Morgan fingerprint density at radius 3 is 2.31 bits per heavy atom. The quantitative estimate of drug-likeness (QED) is 0.522. The van der Waals surface area contributed by atoms with Gasteiger partial charge in [0.1, 0.15) is 0 Å². The third kappa shape index (κ3) is 5.58. The molecule has 6 atom stereocenters. The molecule has 5 heteroatoms. The molecule has 5 nitrogen and oxygen atoms in total. The maximum absolute atomic E-state index is 11.5. The van der Waals surface area contributed by atoms with Crippen molar-refractivity contribution in [2.24, 2.45) is 22.7 Å². The lowest BCUT2D eigenvalue weighted by Gasteiger charge is -2.61. The summed E-state index contributed by atoms with van der Waals surface area (Å²) in [6, 6.07) is 10.5. The molecule has 2 saturated carbocycles. The number of fused-ring (bicyclic) bond motifs is 1. The first-order valence-corrected chi connectivity index (χ1v) is 14.0. The van der Waals surface area contributed by atoms with E-state index >= 15 is 0 Å². The zero-order chi connectivity index (χ0) is 25.5. The first-order valence-electron chi connectivity index (χ1n) is 14.0. The van der Waals surface area contributed by atoms with Crippen molar-refractivity contribution < 1.29 is 15.3 Å². The van der Waals surface area contributed by atoms with Crippen LogP contribution in [0.3, 0.4) is 0 Å². The Balaban J connectivity index is 1.35. The first-order chi connectivity index (χ1) is 16.4. The lowest BCUT2D eigenvalue weighted by Crippen LogP contribution is -2.58. The molecule has 0 radical (unpaired) electrons. The number of para-hydroxylation sites is 1. The Hall–Kier alpha value is -1.14. The molecule has 1 aromatic rings. The highest BCUT2D eigenvalue weighted by Gasteiger charge is 2.58. The van der Waals surface area contributed by atoms with Gasteiger partial charge in [-0.3, -0.25) is 4.90 Å². The maximum Gasteiger partial charge on any atom is 0.0950 e. The van der Waals surface area contributed by atoms with Gasteiger partial charge in [-0.25, -0.2) is 0 Å². The van der Waals surface area contributed by atoms with E-state index in [0.717, 1.165) is 51.9 Å². The molecular weight excluding hydrogens is 436 g/mol. The average molecular weight is 487 g/mol. The number of piperazine rings is 1. The van der Waals surface area contributed by atoms with Gasteiger partial charge in [-0.1, -0.05) is 45.4 Å². The van der Waals surface area contributed by atoms with Crippen molar-refractivity contribution in [1.82, 2.24) is 4.90 Å². The standard InChI is InChI=1S/C30H50N2O3/c1-27(2)14-9-15-28(3)24(27)12-16-29(4,34)25(28)13-17-30(5,35)26(33)22-31-18-20-32(21-19-31)23-10-7-6-8-11-23/h6-8,10-11,24-26,33-35H,9,12-22H2,1-5H3/t24-,25-,26+,28+,29-,30+/m1/s1. The molecule has 0 spiro atoms. The van der Waals surface area contributed by atoms with E-state index in [1.165, 1.54) is 18.5 Å². The van der Waals surface area contributed by atoms with Crippen molar-refractivity contribution in [3.05, 3.63) is 30.3 Å². The minimum atomic E-state index is -1.17. The van der Waals surface area contributed by atoms with Crippen molar-refractivity contribution in [1.29, 1.82) is 0 Å². The van der Waals surface area contributed by atoms with E-state index in [1.54, 1.807) is 6.92 Å². The molecule has 0 amide bonds. The molecule has 3 N–H and O–H groups in total. The number of anilines is 1. The van der Waals surface area contributed by atoms with Crippen LogP contribution in [0.25, 0.3) is 0 Å². The molecule has 1 heterocycles. The second-order valence-electron chi connectivity index (χ2n) is 13.4. The highest BCUT2D eigenvalue weighted by molar-refractivity contribution is 5.46. The normalized spacial score (nSPS) is 36.3. The Bertz CT molecular complexity index is 831. The number of aliphatic hydroxyl groups excluding tert-OH is 1. The van der Waals surface area contributed by atoms with Crippen LogP contribution in [0.15, 0.2) is 30.3 Å². The van der Waals surface area contributed by atoms with Crippen LogP contribution in [-0.2, 0) is 0 Å². The number of hydrogen-bond donors (Lipinski definition) is 3. The van der Waals surface area contributed by atoms with Crippen LogP contribution in [0, 0.1) is 22.7 Å². The highest BCUT2D eigenvalue weighted by atomic mass is 16.3. The summed E-state index contributed by atoms with van der Waals surface area (Å²) in [4.78, 5) is 4.66. The lowest BCUT2D eigenvalue weighted by molar-refractivity contribution is -0.176. The summed E-state index contributed by atoms with van der Waals surface area (Å²) in [5.74, 6) is 0.742. The summed E-state index contributed by atoms with van der Waals surface area (Å²) >= 11 is 0. The van der Waals surface area contributed by atoms with Gasteiger partial charge < -0.3 is 20.2 Å². The third-order valence-corrected chi connectivity index (χ3v) is 10.3. The van der Waals surface area contributed by atoms with E-state index in [4.69, 9.17) is 0 Å². The average Bonchev–Trinajstić information content (AvgIpc) is 2.78. The first kappa shape index (κ1) is 26.9. The second-order valence-corrected chi connectivity index (χ2v) is 13.4. The zero-order valence-electron chi connectivity index (χ0n) is 22.8. The molecule has 35 heavy (non-hydrogen) atoms. The number of β-amino-alcohol motifs (C(OH)–C–C–N with tert-alkyl or cyclic N) is 1. The highest BCUT2D eigenvalue weighted by Crippen LogP contribution is 2.63. The van der Waals surface area contributed by atoms with Gasteiger partial charge in [-0.05, 0) is 87.2 Å². The van der Waals surface area contributed by atoms with Crippen LogP contribution < -0.4 is 4.90 Å². The van der Waals surface area contributed by atoms with Crippen molar-refractivity contribution in [2.75, 3.05) is 37.6 Å². The topological polar surface area (TPSA) is 67.2 Å². The number of nitrogens with zero attached hydrogens (tertiary/aromatic N) is 2. The van der Waals surface area contributed by atoms with Crippen LogP contribution in [0.4, 0.5) is 5.69 Å². The number of aliphatic hydroxyl groups is 3. The minimum Gasteiger partial charge on any atom is -0.390 e. The molecule has 3 fully saturated rings. The van der Waals surface area contributed by atoms with Crippen LogP contribution in [0.5, 0.6) is 0 Å². The summed E-state index contributed by atoms with van der Waals surface area (Å²) in [7, 11) is 0. The minimum absolute atomic E-state index is 0.0816. The number of rotatable bonds is 7. The Morgan fingerprint density at radius 2 is 1.66 bits per heavy atom. The molecule has 3 aliphatic rings. The van der Waals surface area contributed by atoms with Crippen LogP contribution >= 0.6 is 0 Å². The zero-order valence-corrected chi connectivity index (χ0v) is 22.8. The molecular formula is C30H50N2O3. The summed E-state index contributed by atoms with van der Waals surface area (Å²) in [5.41, 5.74) is -0.255. The molecule has 1 aromatic carbocycles. The molecule has 198 valence electrons. The Labute approximate surface area is 213 Å². The number of hydrogen-bond acceptors (Lipinski definition) is 5. The fraction of sp³-hybridized carbons (Fsp3) is 0.800. The molecule has 1 saturated heterocycles. The fourth-order valence-corrected chi connectivity index (χ4v) is 8.14. The van der Waals surface area contributed by atoms with E-state index in [-0.39, 0.29) is 11.3 Å². The van der Waals surface area contributed by atoms with Gasteiger partial charge >= 0.3 is 0 Å². The largest absolute Gasteiger partial charge is 0.390 e. The smallest absolute Gasteiger partial charge is 0.0950 e. The lowest BCUT2D eigenvalue weighted by atomic mass is 9.45. The van der Waals surface area contributed by atoms with E-state index in [9.17, 15) is 15.3 Å². The van der Waals surface area contributed by atoms with Crippen molar-refractivity contribution in [3.63, 3.8) is 0 Å². The molecule has 0 unspecified atom stereocenters. The van der Waals surface area contributed by atoms with Gasteiger partial charge in [0.2, 0.25) is 0 Å². The van der Waals surface area contributed by atoms with Crippen LogP contribution in [-0.4, -0.2) is 70.2 Å². The van der Waals surface area contributed by atoms with E-state index in [1.807, 2.05) is 13.0 Å². The van der Waals surface area contributed by atoms with E-state index in [0.29, 0.717) is 24.3 Å². The van der Waals surface area contributed by atoms with Crippen molar-refractivity contribution in [2.45, 2.75) is 96.9 Å². The Kier molecular flexibility index (Phi) is 7.66. The van der Waals surface area contributed by atoms with Gasteiger partial charge in [0.15, 0.2) is 0 Å². The number of benzene rings is 1. The predicted octanol–water partition coefficient (Wildman–Crippen LogP) is 4.69. The van der Waals surface area contributed by atoms with E-state index in [2.05, 4.69) is 54.8 Å². The van der Waals surface area contributed by atoms with Crippen LogP contribution in [0.1, 0.15) is 79.6 Å². The van der Waals surface area contributed by atoms with E-state index < -0.39 is 17.3 Å². The van der Waals surface area contributed by atoms with Crippen molar-refractivity contribution >= 4 is 5.69 Å². The summed E-state index contributed by atoms with van der Waals surface area (Å²) in [6.45, 7) is 15.1. The predicted molar refractivity (Wildman–Crippen MR) is 144 cm³/mol. The second kappa shape index (κ2) is 9.96. The van der Waals surface area contributed by atoms with Crippen LogP contribution in [0.2, 0.25) is 0 Å². The summed E-state index contributed by atoms with van der Waals surface area (Å²) in [6.07, 6.45) is 6.00. The maximum atomic E-state index is 11.5. The summed E-state index contributed by atoms with van der Waals surface area (Å²) < 4.78 is 0. The molecule has 1 aliphatic heterocycles. The van der Waals surface area contributed by atoms with Gasteiger partial charge in [0, 0.05) is 38.4 Å². The molecule has 0 aromatic heterocycles. The Morgan fingerprint density at radius 1 is 1.00 bits per heavy atom.